The van der Waals surface area contributed by atoms with E-state index in [1.165, 1.54) is 6.07 Å². The summed E-state index contributed by atoms with van der Waals surface area (Å²) in [6.07, 6.45) is 0. The smallest absolute Gasteiger partial charge is 0.164 e. The molecular weight excluding hydrogens is 362 g/mol. The Bertz CT molecular complexity index is 868. The molecule has 0 N–H and O–H groups in total. The van der Waals surface area contributed by atoms with Crippen LogP contribution in [0.3, 0.4) is 0 Å². The minimum atomic E-state index is -0.728. The number of aromatic nitrogens is 2. The Labute approximate surface area is 132 Å². The van der Waals surface area contributed by atoms with E-state index in [1.807, 2.05) is 19.1 Å². The standard InChI is InChI=1S/C15H8BrClF2N2/c1-7-4-10-13(11(16)5-7)20-15(21-14(10)17)9-3-2-8(18)6-12(9)19/h2-6H,1H3. The summed E-state index contributed by atoms with van der Waals surface area (Å²) >= 11 is 9.59. The molecule has 0 bridgehead atoms. The molecule has 0 fully saturated rings. The van der Waals surface area contributed by atoms with Gasteiger partial charge in [0.1, 0.15) is 16.8 Å². The lowest BCUT2D eigenvalue weighted by molar-refractivity contribution is 0.585. The van der Waals surface area contributed by atoms with Crippen LogP contribution in [0, 0.1) is 18.6 Å². The van der Waals surface area contributed by atoms with Gasteiger partial charge in [-0.3, -0.25) is 0 Å². The first-order valence-electron chi connectivity index (χ1n) is 6.04. The average Bonchev–Trinajstić information content (AvgIpc) is 2.40. The van der Waals surface area contributed by atoms with Crippen LogP contribution in [0.4, 0.5) is 8.78 Å². The molecule has 0 aliphatic heterocycles. The molecule has 0 unspecified atom stereocenters. The number of hydrogen-bond acceptors (Lipinski definition) is 2. The van der Waals surface area contributed by atoms with Gasteiger partial charge in [-0.25, -0.2) is 18.7 Å². The van der Waals surface area contributed by atoms with Crippen molar-refractivity contribution in [1.29, 1.82) is 0 Å². The average molecular weight is 370 g/mol. The molecule has 0 spiro atoms. The van der Waals surface area contributed by atoms with E-state index in [4.69, 9.17) is 11.6 Å². The lowest BCUT2D eigenvalue weighted by atomic mass is 10.1. The molecule has 21 heavy (non-hydrogen) atoms. The number of benzene rings is 2. The summed E-state index contributed by atoms with van der Waals surface area (Å²) in [4.78, 5) is 8.45. The fourth-order valence-electron chi connectivity index (χ4n) is 2.08. The summed E-state index contributed by atoms with van der Waals surface area (Å²) in [5, 5.41) is 0.901. The first-order valence-corrected chi connectivity index (χ1v) is 7.21. The van der Waals surface area contributed by atoms with Gasteiger partial charge in [0.2, 0.25) is 0 Å². The molecule has 0 saturated heterocycles. The van der Waals surface area contributed by atoms with Gasteiger partial charge >= 0.3 is 0 Å². The first-order chi connectivity index (χ1) is 9.95. The highest BCUT2D eigenvalue weighted by molar-refractivity contribution is 9.10. The monoisotopic (exact) mass is 368 g/mol. The van der Waals surface area contributed by atoms with Gasteiger partial charge in [0.25, 0.3) is 0 Å². The van der Waals surface area contributed by atoms with Crippen LogP contribution in [-0.4, -0.2) is 9.97 Å². The van der Waals surface area contributed by atoms with Crippen LogP contribution >= 0.6 is 27.5 Å². The van der Waals surface area contributed by atoms with Gasteiger partial charge in [-0.05, 0) is 52.7 Å². The third kappa shape index (κ3) is 2.63. The number of hydrogen-bond donors (Lipinski definition) is 0. The van der Waals surface area contributed by atoms with E-state index in [2.05, 4.69) is 25.9 Å². The van der Waals surface area contributed by atoms with Crippen LogP contribution < -0.4 is 0 Å². The van der Waals surface area contributed by atoms with Gasteiger partial charge in [0, 0.05) is 15.9 Å². The van der Waals surface area contributed by atoms with Crippen LogP contribution in [-0.2, 0) is 0 Å². The minimum absolute atomic E-state index is 0.104. The summed E-state index contributed by atoms with van der Waals surface area (Å²) in [5.41, 5.74) is 1.69. The zero-order valence-corrected chi connectivity index (χ0v) is 13.1. The van der Waals surface area contributed by atoms with E-state index in [0.29, 0.717) is 10.9 Å². The third-order valence-electron chi connectivity index (χ3n) is 3.02. The van der Waals surface area contributed by atoms with Gasteiger partial charge in [0.05, 0.1) is 11.1 Å². The van der Waals surface area contributed by atoms with Crippen LogP contribution in [0.5, 0.6) is 0 Å². The highest BCUT2D eigenvalue weighted by Crippen LogP contribution is 2.31. The SMILES string of the molecule is Cc1cc(Br)c2nc(-c3ccc(F)cc3F)nc(Cl)c2c1. The Morgan fingerprint density at radius 1 is 1.10 bits per heavy atom. The molecule has 0 atom stereocenters. The topological polar surface area (TPSA) is 25.8 Å². The van der Waals surface area contributed by atoms with Crippen molar-refractivity contribution in [3.8, 4) is 11.4 Å². The van der Waals surface area contributed by atoms with Gasteiger partial charge < -0.3 is 0 Å². The van der Waals surface area contributed by atoms with Crippen LogP contribution in [0.2, 0.25) is 5.15 Å². The number of nitrogens with zero attached hydrogens (tertiary/aromatic N) is 2. The summed E-state index contributed by atoms with van der Waals surface area (Å²) < 4.78 is 27.6. The second-order valence-electron chi connectivity index (χ2n) is 4.61. The second kappa shape index (κ2) is 5.31. The van der Waals surface area contributed by atoms with Crippen molar-refractivity contribution < 1.29 is 8.78 Å². The van der Waals surface area contributed by atoms with Crippen molar-refractivity contribution in [3.63, 3.8) is 0 Å². The van der Waals surface area contributed by atoms with Gasteiger partial charge in [-0.1, -0.05) is 11.6 Å². The van der Waals surface area contributed by atoms with Crippen molar-refractivity contribution in [1.82, 2.24) is 9.97 Å². The molecule has 106 valence electrons. The molecule has 2 nitrogen and oxygen atoms in total. The highest BCUT2D eigenvalue weighted by Gasteiger charge is 2.14. The van der Waals surface area contributed by atoms with E-state index >= 15 is 0 Å². The van der Waals surface area contributed by atoms with Crippen LogP contribution in [0.25, 0.3) is 22.3 Å². The molecule has 0 saturated carbocycles. The van der Waals surface area contributed by atoms with Crippen LogP contribution in [0.1, 0.15) is 5.56 Å². The van der Waals surface area contributed by atoms with Crippen molar-refractivity contribution >= 4 is 38.4 Å². The van der Waals surface area contributed by atoms with Crippen molar-refractivity contribution in [3.05, 3.63) is 57.2 Å². The quantitative estimate of drug-likeness (QED) is 0.544. The normalized spacial score (nSPS) is 11.1. The van der Waals surface area contributed by atoms with Crippen molar-refractivity contribution in [2.24, 2.45) is 0 Å². The minimum Gasteiger partial charge on any atom is -0.227 e. The van der Waals surface area contributed by atoms with Gasteiger partial charge in [-0.2, -0.15) is 0 Å². The molecule has 3 rings (SSSR count). The van der Waals surface area contributed by atoms with Gasteiger partial charge in [0.15, 0.2) is 5.82 Å². The second-order valence-corrected chi connectivity index (χ2v) is 5.82. The van der Waals surface area contributed by atoms with Crippen molar-refractivity contribution in [2.45, 2.75) is 6.92 Å². The van der Waals surface area contributed by atoms with E-state index < -0.39 is 11.6 Å². The Kier molecular flexibility index (Phi) is 3.63. The Hall–Kier alpha value is -1.59. The van der Waals surface area contributed by atoms with E-state index in [9.17, 15) is 8.78 Å². The number of halogens is 4. The maximum absolute atomic E-state index is 13.9. The molecule has 0 aliphatic carbocycles. The lowest BCUT2D eigenvalue weighted by Crippen LogP contribution is -1.96. The van der Waals surface area contributed by atoms with E-state index in [1.54, 1.807) is 0 Å². The van der Waals surface area contributed by atoms with Crippen LogP contribution in [0.15, 0.2) is 34.8 Å². The Morgan fingerprint density at radius 3 is 2.57 bits per heavy atom. The van der Waals surface area contributed by atoms with Crippen molar-refractivity contribution in [2.75, 3.05) is 0 Å². The van der Waals surface area contributed by atoms with E-state index in [-0.39, 0.29) is 16.5 Å². The summed E-state index contributed by atoms with van der Waals surface area (Å²) in [6, 6.07) is 6.99. The maximum atomic E-state index is 13.9. The summed E-state index contributed by atoms with van der Waals surface area (Å²) in [7, 11) is 0. The number of fused-ring (bicyclic) bond motifs is 1. The molecular formula is C15H8BrClF2N2. The Morgan fingerprint density at radius 2 is 1.86 bits per heavy atom. The molecule has 2 aromatic carbocycles. The summed E-state index contributed by atoms with van der Waals surface area (Å²) in [6.45, 7) is 1.92. The highest BCUT2D eigenvalue weighted by atomic mass is 79.9. The third-order valence-corrected chi connectivity index (χ3v) is 3.92. The zero-order chi connectivity index (χ0) is 15.1. The first kappa shape index (κ1) is 14.4. The largest absolute Gasteiger partial charge is 0.227 e. The van der Waals surface area contributed by atoms with E-state index in [0.717, 1.165) is 22.2 Å². The fourth-order valence-corrected chi connectivity index (χ4v) is 2.97. The number of rotatable bonds is 1. The predicted molar refractivity (Wildman–Crippen MR) is 82.3 cm³/mol. The molecule has 0 aliphatic rings. The molecule has 1 aromatic heterocycles. The molecule has 3 aromatic rings. The Balaban J connectivity index is 2.30. The predicted octanol–water partition coefficient (Wildman–Crippen LogP) is 5.30. The molecule has 0 amide bonds. The molecule has 6 heteroatoms. The molecule has 1 heterocycles. The fraction of sp³-hybridized carbons (Fsp3) is 0.0667. The van der Waals surface area contributed by atoms with Gasteiger partial charge in [-0.15, -0.1) is 0 Å². The lowest BCUT2D eigenvalue weighted by Gasteiger charge is -2.08. The maximum Gasteiger partial charge on any atom is 0.164 e. The zero-order valence-electron chi connectivity index (χ0n) is 10.8. The summed E-state index contributed by atoms with van der Waals surface area (Å²) in [5.74, 6) is -1.26. The number of aryl methyl sites for hydroxylation is 1. The molecule has 0 radical (unpaired) electrons.